The van der Waals surface area contributed by atoms with Gasteiger partial charge in [0.25, 0.3) is 0 Å². The lowest BCUT2D eigenvalue weighted by Crippen LogP contribution is -1.84. The quantitative estimate of drug-likeness (QED) is 0.666. The van der Waals surface area contributed by atoms with Crippen LogP contribution in [0.5, 0.6) is 5.75 Å². The van der Waals surface area contributed by atoms with Gasteiger partial charge >= 0.3 is 0 Å². The Morgan fingerprint density at radius 1 is 1.50 bits per heavy atom. The number of hydrogen-bond donors (Lipinski definition) is 1. The fraction of sp³-hybridized carbons (Fsp3) is 0.250. The fourth-order valence-electron chi connectivity index (χ4n) is 0.690. The van der Waals surface area contributed by atoms with E-state index in [1.165, 1.54) is 0 Å². The van der Waals surface area contributed by atoms with E-state index in [0.29, 0.717) is 5.56 Å². The van der Waals surface area contributed by atoms with Crippen LogP contribution in [0.2, 0.25) is 0 Å². The van der Waals surface area contributed by atoms with Gasteiger partial charge < -0.3 is 9.84 Å². The Bertz CT molecular complexity index is 218. The lowest BCUT2D eigenvalue weighted by atomic mass is 10.2. The Labute approximate surface area is 61.5 Å². The first kappa shape index (κ1) is 5.74. The van der Waals surface area contributed by atoms with Crippen molar-refractivity contribution in [2.75, 3.05) is 7.11 Å². The zero-order chi connectivity index (χ0) is 8.27. The van der Waals surface area contributed by atoms with Crippen molar-refractivity contribution >= 4 is 0 Å². The summed E-state index contributed by atoms with van der Waals surface area (Å²) in [6.45, 7) is -1.15. The van der Waals surface area contributed by atoms with Gasteiger partial charge in [-0.25, -0.2) is 0 Å². The van der Waals surface area contributed by atoms with Crippen molar-refractivity contribution < 1.29 is 11.2 Å². The standard InChI is InChI=1S/C8H10O2/c1-10-8-4-2-7(6-9)3-5-8/h2-5,9H,6H2,1H3/i6D. The van der Waals surface area contributed by atoms with E-state index in [2.05, 4.69) is 0 Å². The molecule has 0 aromatic heterocycles. The summed E-state index contributed by atoms with van der Waals surface area (Å²) in [5, 5.41) is 8.81. The molecule has 1 atom stereocenters. The van der Waals surface area contributed by atoms with E-state index >= 15 is 0 Å². The highest BCUT2D eigenvalue weighted by molar-refractivity contribution is 5.26. The molecule has 1 N–H and O–H groups in total. The second kappa shape index (κ2) is 3.22. The van der Waals surface area contributed by atoms with Crippen LogP contribution in [0, 0.1) is 0 Å². The minimum Gasteiger partial charge on any atom is -0.497 e. The highest BCUT2D eigenvalue weighted by atomic mass is 16.5. The molecule has 1 rings (SSSR count). The van der Waals surface area contributed by atoms with Gasteiger partial charge in [0.15, 0.2) is 0 Å². The molecule has 0 aliphatic rings. The minimum atomic E-state index is -1.15. The molecule has 0 heterocycles. The van der Waals surface area contributed by atoms with E-state index < -0.39 is 6.58 Å². The van der Waals surface area contributed by atoms with Crippen molar-refractivity contribution in [3.8, 4) is 5.75 Å². The largest absolute Gasteiger partial charge is 0.497 e. The molecule has 0 saturated heterocycles. The maximum atomic E-state index is 8.81. The predicted molar refractivity (Wildman–Crippen MR) is 38.9 cm³/mol. The smallest absolute Gasteiger partial charge is 0.118 e. The lowest BCUT2D eigenvalue weighted by Gasteiger charge is -1.98. The molecule has 54 valence electrons. The summed E-state index contributed by atoms with van der Waals surface area (Å²) >= 11 is 0. The van der Waals surface area contributed by atoms with Crippen LogP contribution < -0.4 is 4.74 Å². The first-order chi connectivity index (χ1) is 5.24. The molecule has 0 aliphatic carbocycles. The van der Waals surface area contributed by atoms with Crippen molar-refractivity contribution in [2.24, 2.45) is 0 Å². The molecule has 0 bridgehead atoms. The second-order valence-corrected chi connectivity index (χ2v) is 1.90. The van der Waals surface area contributed by atoms with Gasteiger partial charge in [-0.3, -0.25) is 0 Å². The molecule has 2 nitrogen and oxygen atoms in total. The highest BCUT2D eigenvalue weighted by Gasteiger charge is 1.89. The summed E-state index contributed by atoms with van der Waals surface area (Å²) in [6.07, 6.45) is 0. The summed E-state index contributed by atoms with van der Waals surface area (Å²) in [6, 6.07) is 6.76. The number of rotatable bonds is 2. The molecule has 1 aromatic rings. The summed E-state index contributed by atoms with van der Waals surface area (Å²) in [4.78, 5) is 0. The molecule has 0 saturated carbocycles. The third-order valence-electron chi connectivity index (χ3n) is 1.26. The number of methoxy groups -OCH3 is 1. The maximum absolute atomic E-state index is 8.81. The average molecular weight is 139 g/mol. The second-order valence-electron chi connectivity index (χ2n) is 1.90. The number of ether oxygens (including phenoxy) is 1. The van der Waals surface area contributed by atoms with Crippen LogP contribution in [0.1, 0.15) is 6.93 Å². The van der Waals surface area contributed by atoms with Gasteiger partial charge in [-0.05, 0) is 17.7 Å². The average Bonchev–Trinajstić information content (AvgIpc) is 2.05. The van der Waals surface area contributed by atoms with Crippen LogP contribution in [0.4, 0.5) is 0 Å². The SMILES string of the molecule is [2H]C(O)c1ccc(OC)cc1. The fourth-order valence-corrected chi connectivity index (χ4v) is 0.690. The zero-order valence-electron chi connectivity index (χ0n) is 6.74. The molecule has 0 radical (unpaired) electrons. The number of benzene rings is 1. The normalized spacial score (nSPS) is 14.0. The van der Waals surface area contributed by atoms with Crippen LogP contribution in [0.25, 0.3) is 0 Å². The van der Waals surface area contributed by atoms with Crippen LogP contribution in [0.3, 0.4) is 0 Å². The first-order valence-corrected chi connectivity index (χ1v) is 2.98. The van der Waals surface area contributed by atoms with E-state index in [1.807, 2.05) is 0 Å². The van der Waals surface area contributed by atoms with Gasteiger partial charge in [-0.15, -0.1) is 0 Å². The molecule has 1 aromatic carbocycles. The van der Waals surface area contributed by atoms with Gasteiger partial charge in [-0.2, -0.15) is 0 Å². The number of aliphatic hydroxyl groups excluding tert-OH is 1. The summed E-state index contributed by atoms with van der Waals surface area (Å²) in [5.41, 5.74) is 0.575. The maximum Gasteiger partial charge on any atom is 0.118 e. The van der Waals surface area contributed by atoms with Crippen molar-refractivity contribution in [1.29, 1.82) is 0 Å². The number of aliphatic hydroxyl groups is 1. The molecule has 0 amide bonds. The minimum absolute atomic E-state index is 0.575. The molecule has 0 aliphatic heterocycles. The zero-order valence-corrected chi connectivity index (χ0v) is 5.74. The van der Waals surface area contributed by atoms with E-state index in [-0.39, 0.29) is 0 Å². The van der Waals surface area contributed by atoms with Crippen LogP contribution >= 0.6 is 0 Å². The van der Waals surface area contributed by atoms with Crippen LogP contribution in [-0.2, 0) is 6.58 Å². The molecule has 1 unspecified atom stereocenters. The van der Waals surface area contributed by atoms with Crippen molar-refractivity contribution in [3.63, 3.8) is 0 Å². The van der Waals surface area contributed by atoms with Crippen molar-refractivity contribution in [2.45, 2.75) is 6.58 Å². The molecular formula is C8H10O2. The molecule has 2 heteroatoms. The van der Waals surface area contributed by atoms with E-state index in [4.69, 9.17) is 11.2 Å². The van der Waals surface area contributed by atoms with Crippen molar-refractivity contribution in [1.82, 2.24) is 0 Å². The molecule has 0 fully saturated rings. The number of hydrogen-bond acceptors (Lipinski definition) is 2. The molecule has 0 spiro atoms. The Morgan fingerprint density at radius 3 is 2.50 bits per heavy atom. The van der Waals surface area contributed by atoms with E-state index in [9.17, 15) is 0 Å². The van der Waals surface area contributed by atoms with E-state index in [0.717, 1.165) is 5.75 Å². The Balaban J connectivity index is 2.83. The summed E-state index contributed by atoms with van der Waals surface area (Å²) < 4.78 is 11.9. The Hall–Kier alpha value is -1.02. The van der Waals surface area contributed by atoms with Crippen molar-refractivity contribution in [3.05, 3.63) is 29.8 Å². The Morgan fingerprint density at radius 2 is 2.10 bits per heavy atom. The lowest BCUT2D eigenvalue weighted by molar-refractivity contribution is 0.281. The first-order valence-electron chi connectivity index (χ1n) is 3.56. The molecular weight excluding hydrogens is 128 g/mol. The monoisotopic (exact) mass is 139 g/mol. The highest BCUT2D eigenvalue weighted by Crippen LogP contribution is 2.10. The van der Waals surface area contributed by atoms with Gasteiger partial charge in [0.2, 0.25) is 0 Å². The van der Waals surface area contributed by atoms with Crippen LogP contribution in [0.15, 0.2) is 24.3 Å². The van der Waals surface area contributed by atoms with E-state index in [1.54, 1.807) is 31.4 Å². The van der Waals surface area contributed by atoms with Gasteiger partial charge in [0.1, 0.15) is 5.75 Å². The van der Waals surface area contributed by atoms with Gasteiger partial charge in [-0.1, -0.05) is 12.1 Å². The predicted octanol–water partition coefficient (Wildman–Crippen LogP) is 1.19. The Kier molecular flexibility index (Phi) is 1.85. The topological polar surface area (TPSA) is 29.5 Å². The third kappa shape index (κ3) is 1.48. The van der Waals surface area contributed by atoms with Gasteiger partial charge in [0.05, 0.1) is 15.1 Å². The molecule has 10 heavy (non-hydrogen) atoms. The third-order valence-corrected chi connectivity index (χ3v) is 1.26. The van der Waals surface area contributed by atoms with Crippen LogP contribution in [-0.4, -0.2) is 12.2 Å². The van der Waals surface area contributed by atoms with Gasteiger partial charge in [0, 0.05) is 0 Å². The summed E-state index contributed by atoms with van der Waals surface area (Å²) in [7, 11) is 1.58. The summed E-state index contributed by atoms with van der Waals surface area (Å²) in [5.74, 6) is 0.731.